The van der Waals surface area contributed by atoms with E-state index in [1.54, 1.807) is 12.3 Å². The van der Waals surface area contributed by atoms with E-state index in [1.165, 1.54) is 0 Å². The van der Waals surface area contributed by atoms with Gasteiger partial charge in [0.1, 0.15) is 5.82 Å². The van der Waals surface area contributed by atoms with Crippen molar-refractivity contribution < 1.29 is 4.79 Å². The van der Waals surface area contributed by atoms with Crippen LogP contribution in [0.5, 0.6) is 0 Å². The van der Waals surface area contributed by atoms with Crippen LogP contribution in [0.25, 0.3) is 0 Å². The number of amides is 1. The number of rotatable bonds is 8. The Hall–Kier alpha value is -1.78. The van der Waals surface area contributed by atoms with Crippen LogP contribution >= 0.6 is 0 Å². The third kappa shape index (κ3) is 5.61. The molecule has 4 N–H and O–H groups in total. The van der Waals surface area contributed by atoms with E-state index in [2.05, 4.69) is 37.6 Å². The molecular weight excluding hydrogens is 264 g/mol. The molecule has 0 spiro atoms. The average molecular weight is 292 g/mol. The number of anilines is 2. The van der Waals surface area contributed by atoms with Crippen LogP contribution < -0.4 is 16.4 Å². The fourth-order valence-electron chi connectivity index (χ4n) is 2.06. The lowest BCUT2D eigenvalue weighted by Gasteiger charge is -2.27. The molecule has 1 aromatic rings. The van der Waals surface area contributed by atoms with Gasteiger partial charge in [0, 0.05) is 13.1 Å². The van der Waals surface area contributed by atoms with Crippen LogP contribution in [0.1, 0.15) is 50.9 Å². The largest absolute Gasteiger partial charge is 0.397 e. The molecule has 0 aliphatic carbocycles. The zero-order valence-electron chi connectivity index (χ0n) is 13.6. The van der Waals surface area contributed by atoms with E-state index in [4.69, 9.17) is 11.5 Å². The van der Waals surface area contributed by atoms with E-state index in [9.17, 15) is 4.79 Å². The van der Waals surface area contributed by atoms with Gasteiger partial charge in [-0.05, 0) is 30.7 Å². The highest BCUT2D eigenvalue weighted by molar-refractivity contribution is 5.98. The maximum absolute atomic E-state index is 11.7. The first-order valence-corrected chi connectivity index (χ1v) is 7.61. The summed E-state index contributed by atoms with van der Waals surface area (Å²) in [6, 6.07) is 1.61. The topological polar surface area (TPSA) is 85.2 Å². The van der Waals surface area contributed by atoms with Crippen molar-refractivity contribution >= 4 is 17.4 Å². The van der Waals surface area contributed by atoms with Gasteiger partial charge in [0.05, 0.1) is 17.4 Å². The summed E-state index contributed by atoms with van der Waals surface area (Å²) < 4.78 is 0. The molecule has 0 aliphatic heterocycles. The average Bonchev–Trinajstić information content (AvgIpc) is 2.38. The normalized spacial score (nSPS) is 11.1. The minimum Gasteiger partial charge on any atom is -0.397 e. The Morgan fingerprint density at radius 1 is 1.19 bits per heavy atom. The van der Waals surface area contributed by atoms with Gasteiger partial charge in [0.2, 0.25) is 0 Å². The summed E-state index contributed by atoms with van der Waals surface area (Å²) in [6.07, 6.45) is 3.67. The van der Waals surface area contributed by atoms with Crippen molar-refractivity contribution in [2.24, 2.45) is 17.6 Å². The number of nitrogens with two attached hydrogens (primary N) is 2. The summed E-state index contributed by atoms with van der Waals surface area (Å²) in [5.41, 5.74) is 12.1. The van der Waals surface area contributed by atoms with E-state index in [1.807, 2.05) is 0 Å². The van der Waals surface area contributed by atoms with Crippen molar-refractivity contribution in [2.45, 2.75) is 40.5 Å². The molecule has 1 rings (SSSR count). The minimum atomic E-state index is -0.483. The second-order valence-corrected chi connectivity index (χ2v) is 6.36. The summed E-state index contributed by atoms with van der Waals surface area (Å²) in [4.78, 5) is 18.2. The summed E-state index contributed by atoms with van der Waals surface area (Å²) in [5, 5.41) is 0. The van der Waals surface area contributed by atoms with Crippen molar-refractivity contribution in [1.29, 1.82) is 0 Å². The number of carbonyl (C=O) groups excluding carboxylic acids is 1. The standard InChI is InChI=1S/C16H28N4O/c1-11(2)5-7-20(8-6-12(3)4)16-14(15(18)21)9-13(17)10-19-16/h9-12H,5-8,17H2,1-4H3,(H2,18,21). The zero-order chi connectivity index (χ0) is 16.0. The molecule has 0 aliphatic rings. The second kappa shape index (κ2) is 7.86. The van der Waals surface area contributed by atoms with E-state index in [-0.39, 0.29) is 0 Å². The van der Waals surface area contributed by atoms with Crippen LogP contribution in [0.4, 0.5) is 11.5 Å². The summed E-state index contributed by atoms with van der Waals surface area (Å²) in [6.45, 7) is 10.5. The zero-order valence-corrected chi connectivity index (χ0v) is 13.6. The third-order valence-corrected chi connectivity index (χ3v) is 3.41. The lowest BCUT2D eigenvalue weighted by atomic mass is 10.1. The molecule has 5 nitrogen and oxygen atoms in total. The molecule has 1 amide bonds. The molecule has 0 atom stereocenters. The molecule has 118 valence electrons. The molecule has 1 heterocycles. The van der Waals surface area contributed by atoms with Gasteiger partial charge in [-0.2, -0.15) is 0 Å². The van der Waals surface area contributed by atoms with Gasteiger partial charge in [-0.25, -0.2) is 4.98 Å². The Morgan fingerprint density at radius 3 is 2.14 bits per heavy atom. The maximum atomic E-state index is 11.7. The first-order valence-electron chi connectivity index (χ1n) is 7.61. The van der Waals surface area contributed by atoms with Gasteiger partial charge < -0.3 is 16.4 Å². The predicted octanol–water partition coefficient (Wildman–Crippen LogP) is 2.66. The lowest BCUT2D eigenvalue weighted by molar-refractivity contribution is 0.100. The molecule has 0 radical (unpaired) electrons. The molecule has 1 aromatic heterocycles. The van der Waals surface area contributed by atoms with Gasteiger partial charge in [0.25, 0.3) is 5.91 Å². The van der Waals surface area contributed by atoms with E-state index in [0.717, 1.165) is 25.9 Å². The summed E-state index contributed by atoms with van der Waals surface area (Å²) >= 11 is 0. The van der Waals surface area contributed by atoms with E-state index < -0.39 is 5.91 Å². The molecule has 0 saturated heterocycles. The van der Waals surface area contributed by atoms with Crippen molar-refractivity contribution in [3.05, 3.63) is 17.8 Å². The SMILES string of the molecule is CC(C)CCN(CCC(C)C)c1ncc(N)cc1C(N)=O. The quantitative estimate of drug-likeness (QED) is 0.771. The smallest absolute Gasteiger partial charge is 0.252 e. The molecule has 0 saturated carbocycles. The van der Waals surface area contributed by atoms with Crippen LogP contribution in [0, 0.1) is 11.8 Å². The number of pyridine rings is 1. The number of primary amides is 1. The Balaban J connectivity index is 3.02. The molecule has 5 heteroatoms. The fraction of sp³-hybridized carbons (Fsp3) is 0.625. The van der Waals surface area contributed by atoms with Gasteiger partial charge in [0.15, 0.2) is 0 Å². The molecule has 0 fully saturated rings. The third-order valence-electron chi connectivity index (χ3n) is 3.41. The van der Waals surface area contributed by atoms with Crippen LogP contribution in [0.3, 0.4) is 0 Å². The number of nitrogen functional groups attached to an aromatic ring is 1. The number of hydrogen-bond donors (Lipinski definition) is 2. The minimum absolute atomic E-state index is 0.405. The Bertz CT molecular complexity index is 459. The van der Waals surface area contributed by atoms with E-state index >= 15 is 0 Å². The molecule has 0 bridgehead atoms. The Labute approximate surface area is 127 Å². The molecule has 21 heavy (non-hydrogen) atoms. The molecule has 0 aromatic carbocycles. The van der Waals surface area contributed by atoms with Crippen molar-refractivity contribution in [3.8, 4) is 0 Å². The highest BCUT2D eigenvalue weighted by Crippen LogP contribution is 2.21. The predicted molar refractivity (Wildman–Crippen MR) is 88.3 cm³/mol. The fourth-order valence-corrected chi connectivity index (χ4v) is 2.06. The van der Waals surface area contributed by atoms with Gasteiger partial charge >= 0.3 is 0 Å². The van der Waals surface area contributed by atoms with Crippen molar-refractivity contribution in [2.75, 3.05) is 23.7 Å². The Morgan fingerprint density at radius 2 is 1.71 bits per heavy atom. The van der Waals surface area contributed by atoms with Gasteiger partial charge in [-0.3, -0.25) is 4.79 Å². The Kier molecular flexibility index (Phi) is 6.46. The first-order chi connectivity index (χ1) is 9.81. The maximum Gasteiger partial charge on any atom is 0.252 e. The summed E-state index contributed by atoms with van der Waals surface area (Å²) in [5.74, 6) is 1.36. The lowest BCUT2D eigenvalue weighted by Crippen LogP contribution is -2.31. The number of aromatic nitrogens is 1. The highest BCUT2D eigenvalue weighted by Gasteiger charge is 2.17. The number of nitrogens with zero attached hydrogens (tertiary/aromatic N) is 2. The number of hydrogen-bond acceptors (Lipinski definition) is 4. The first kappa shape index (κ1) is 17.3. The van der Waals surface area contributed by atoms with Crippen LogP contribution in [0.15, 0.2) is 12.3 Å². The number of carbonyl (C=O) groups is 1. The monoisotopic (exact) mass is 292 g/mol. The van der Waals surface area contributed by atoms with Crippen LogP contribution in [0.2, 0.25) is 0 Å². The molecule has 0 unspecified atom stereocenters. The van der Waals surface area contributed by atoms with E-state index in [0.29, 0.717) is 28.9 Å². The highest BCUT2D eigenvalue weighted by atomic mass is 16.1. The second-order valence-electron chi connectivity index (χ2n) is 6.36. The molecular formula is C16H28N4O. The van der Waals surface area contributed by atoms with Gasteiger partial charge in [-0.1, -0.05) is 27.7 Å². The van der Waals surface area contributed by atoms with Crippen molar-refractivity contribution in [3.63, 3.8) is 0 Å². The van der Waals surface area contributed by atoms with Crippen LogP contribution in [-0.4, -0.2) is 24.0 Å². The summed E-state index contributed by atoms with van der Waals surface area (Å²) in [7, 11) is 0. The van der Waals surface area contributed by atoms with Gasteiger partial charge in [-0.15, -0.1) is 0 Å². The van der Waals surface area contributed by atoms with Crippen LogP contribution in [-0.2, 0) is 0 Å². The van der Waals surface area contributed by atoms with Crippen molar-refractivity contribution in [1.82, 2.24) is 4.98 Å².